The highest BCUT2D eigenvalue weighted by Gasteiger charge is 2.13. The van der Waals surface area contributed by atoms with Crippen molar-refractivity contribution in [3.63, 3.8) is 0 Å². The molecule has 2 heterocycles. The molecule has 0 atom stereocenters. The SMILES string of the molecule is CCCNCc1noc(-c2cccs2)c1C. The summed E-state index contributed by atoms with van der Waals surface area (Å²) in [4.78, 5) is 1.15. The van der Waals surface area contributed by atoms with Gasteiger partial charge in [-0.3, -0.25) is 0 Å². The van der Waals surface area contributed by atoms with Gasteiger partial charge in [0.15, 0.2) is 5.76 Å². The lowest BCUT2D eigenvalue weighted by Crippen LogP contribution is -2.14. The summed E-state index contributed by atoms with van der Waals surface area (Å²) in [6.07, 6.45) is 1.13. The maximum atomic E-state index is 5.39. The zero-order valence-electron chi connectivity index (χ0n) is 9.62. The van der Waals surface area contributed by atoms with Crippen molar-refractivity contribution in [3.05, 3.63) is 28.8 Å². The normalized spacial score (nSPS) is 10.9. The fourth-order valence-electron chi connectivity index (χ4n) is 1.55. The lowest BCUT2D eigenvalue weighted by molar-refractivity contribution is 0.420. The van der Waals surface area contributed by atoms with Crippen molar-refractivity contribution in [2.75, 3.05) is 6.54 Å². The molecule has 0 aliphatic heterocycles. The number of hydrogen-bond donors (Lipinski definition) is 1. The summed E-state index contributed by atoms with van der Waals surface area (Å²) >= 11 is 1.68. The Kier molecular flexibility index (Phi) is 3.74. The highest BCUT2D eigenvalue weighted by atomic mass is 32.1. The first-order chi connectivity index (χ1) is 7.83. The van der Waals surface area contributed by atoms with Crippen LogP contribution in [0, 0.1) is 6.92 Å². The molecule has 0 spiro atoms. The molecule has 0 aliphatic rings. The second kappa shape index (κ2) is 5.27. The maximum absolute atomic E-state index is 5.39. The van der Waals surface area contributed by atoms with Crippen LogP contribution in [0.2, 0.25) is 0 Å². The first-order valence-corrected chi connectivity index (χ1v) is 6.40. The molecule has 0 saturated heterocycles. The molecule has 1 N–H and O–H groups in total. The van der Waals surface area contributed by atoms with Gasteiger partial charge in [0.05, 0.1) is 4.88 Å². The minimum atomic E-state index is 0.786. The number of nitrogens with one attached hydrogen (secondary N) is 1. The summed E-state index contributed by atoms with van der Waals surface area (Å²) in [6, 6.07) is 4.08. The highest BCUT2D eigenvalue weighted by molar-refractivity contribution is 7.13. The summed E-state index contributed by atoms with van der Waals surface area (Å²) in [5.74, 6) is 0.906. The summed E-state index contributed by atoms with van der Waals surface area (Å²) in [7, 11) is 0. The van der Waals surface area contributed by atoms with E-state index < -0.39 is 0 Å². The van der Waals surface area contributed by atoms with E-state index in [1.54, 1.807) is 11.3 Å². The third kappa shape index (κ3) is 2.33. The second-order valence-corrected chi connectivity index (χ2v) is 4.69. The zero-order valence-corrected chi connectivity index (χ0v) is 10.4. The molecular formula is C12H16N2OS. The molecular weight excluding hydrogens is 220 g/mol. The third-order valence-corrected chi connectivity index (χ3v) is 3.35. The van der Waals surface area contributed by atoms with Gasteiger partial charge in [-0.15, -0.1) is 11.3 Å². The monoisotopic (exact) mass is 236 g/mol. The van der Waals surface area contributed by atoms with Gasteiger partial charge < -0.3 is 9.84 Å². The number of hydrogen-bond acceptors (Lipinski definition) is 4. The first-order valence-electron chi connectivity index (χ1n) is 5.52. The third-order valence-electron chi connectivity index (χ3n) is 2.48. The van der Waals surface area contributed by atoms with Crippen molar-refractivity contribution in [1.29, 1.82) is 0 Å². The van der Waals surface area contributed by atoms with Crippen LogP contribution in [0.1, 0.15) is 24.6 Å². The van der Waals surface area contributed by atoms with Crippen LogP contribution in [0.5, 0.6) is 0 Å². The van der Waals surface area contributed by atoms with Crippen LogP contribution in [0.3, 0.4) is 0 Å². The van der Waals surface area contributed by atoms with Gasteiger partial charge in [0, 0.05) is 12.1 Å². The van der Waals surface area contributed by atoms with Gasteiger partial charge in [-0.1, -0.05) is 18.1 Å². The van der Waals surface area contributed by atoms with Gasteiger partial charge in [-0.2, -0.15) is 0 Å². The zero-order chi connectivity index (χ0) is 11.4. The second-order valence-electron chi connectivity index (χ2n) is 3.74. The van der Waals surface area contributed by atoms with Crippen LogP contribution in [0.4, 0.5) is 0 Å². The van der Waals surface area contributed by atoms with E-state index in [4.69, 9.17) is 4.52 Å². The van der Waals surface area contributed by atoms with E-state index in [-0.39, 0.29) is 0 Å². The van der Waals surface area contributed by atoms with Gasteiger partial charge in [0.25, 0.3) is 0 Å². The molecule has 0 bridgehead atoms. The Labute approximate surface area is 99.5 Å². The number of rotatable bonds is 5. The van der Waals surface area contributed by atoms with Gasteiger partial charge in [0.1, 0.15) is 5.69 Å². The summed E-state index contributed by atoms with van der Waals surface area (Å²) in [5.41, 5.74) is 2.16. The largest absolute Gasteiger partial charge is 0.355 e. The lowest BCUT2D eigenvalue weighted by atomic mass is 10.2. The Hall–Kier alpha value is -1.13. The van der Waals surface area contributed by atoms with Crippen molar-refractivity contribution in [2.45, 2.75) is 26.8 Å². The smallest absolute Gasteiger partial charge is 0.179 e. The van der Waals surface area contributed by atoms with E-state index in [1.807, 2.05) is 11.4 Å². The Morgan fingerprint density at radius 3 is 3.06 bits per heavy atom. The Morgan fingerprint density at radius 2 is 2.38 bits per heavy atom. The molecule has 4 heteroatoms. The first kappa shape index (κ1) is 11.4. The predicted molar refractivity (Wildman–Crippen MR) is 66.6 cm³/mol. The van der Waals surface area contributed by atoms with E-state index in [9.17, 15) is 0 Å². The van der Waals surface area contributed by atoms with Crippen molar-refractivity contribution >= 4 is 11.3 Å². The number of aromatic nitrogens is 1. The highest BCUT2D eigenvalue weighted by Crippen LogP contribution is 2.29. The molecule has 3 nitrogen and oxygen atoms in total. The van der Waals surface area contributed by atoms with Gasteiger partial charge in [-0.05, 0) is 31.3 Å². The molecule has 0 saturated carbocycles. The van der Waals surface area contributed by atoms with Crippen LogP contribution < -0.4 is 5.32 Å². The molecule has 0 amide bonds. The van der Waals surface area contributed by atoms with Crippen LogP contribution in [-0.4, -0.2) is 11.7 Å². The Balaban J connectivity index is 2.12. The molecule has 0 aromatic carbocycles. The van der Waals surface area contributed by atoms with Crippen molar-refractivity contribution in [1.82, 2.24) is 10.5 Å². The average Bonchev–Trinajstić information content (AvgIpc) is 2.89. The molecule has 0 radical (unpaired) electrons. The molecule has 0 aliphatic carbocycles. The quantitative estimate of drug-likeness (QED) is 0.810. The minimum absolute atomic E-state index is 0.786. The summed E-state index contributed by atoms with van der Waals surface area (Å²) < 4.78 is 5.39. The topological polar surface area (TPSA) is 38.1 Å². The van der Waals surface area contributed by atoms with Crippen molar-refractivity contribution in [2.24, 2.45) is 0 Å². The fourth-order valence-corrected chi connectivity index (χ4v) is 2.31. The lowest BCUT2D eigenvalue weighted by Gasteiger charge is -1.99. The molecule has 0 unspecified atom stereocenters. The average molecular weight is 236 g/mol. The van der Waals surface area contributed by atoms with Crippen molar-refractivity contribution in [3.8, 4) is 10.6 Å². The van der Waals surface area contributed by atoms with E-state index in [1.165, 1.54) is 0 Å². The molecule has 0 fully saturated rings. The number of nitrogens with zero attached hydrogens (tertiary/aromatic N) is 1. The van der Waals surface area contributed by atoms with Crippen LogP contribution >= 0.6 is 11.3 Å². The van der Waals surface area contributed by atoms with Crippen LogP contribution in [-0.2, 0) is 6.54 Å². The predicted octanol–water partition coefficient (Wildman–Crippen LogP) is 3.21. The van der Waals surface area contributed by atoms with E-state index >= 15 is 0 Å². The van der Waals surface area contributed by atoms with Crippen LogP contribution in [0.25, 0.3) is 10.6 Å². The van der Waals surface area contributed by atoms with E-state index in [0.29, 0.717) is 0 Å². The van der Waals surface area contributed by atoms with Gasteiger partial charge >= 0.3 is 0 Å². The fraction of sp³-hybridized carbons (Fsp3) is 0.417. The molecule has 86 valence electrons. The van der Waals surface area contributed by atoms with Crippen molar-refractivity contribution < 1.29 is 4.52 Å². The summed E-state index contributed by atoms with van der Waals surface area (Å²) in [5, 5.41) is 9.49. The van der Waals surface area contributed by atoms with Gasteiger partial charge in [0.2, 0.25) is 0 Å². The standard InChI is InChI=1S/C12H16N2OS/c1-3-6-13-8-10-9(2)12(15-14-10)11-5-4-7-16-11/h4-5,7,13H,3,6,8H2,1-2H3. The van der Waals surface area contributed by atoms with Gasteiger partial charge in [-0.25, -0.2) is 0 Å². The minimum Gasteiger partial charge on any atom is -0.355 e. The number of thiophene rings is 1. The maximum Gasteiger partial charge on any atom is 0.179 e. The Morgan fingerprint density at radius 1 is 1.50 bits per heavy atom. The van der Waals surface area contributed by atoms with Crippen LogP contribution in [0.15, 0.2) is 22.0 Å². The molecule has 2 rings (SSSR count). The Bertz CT molecular complexity index is 434. The summed E-state index contributed by atoms with van der Waals surface area (Å²) in [6.45, 7) is 6.02. The molecule has 2 aromatic rings. The van der Waals surface area contributed by atoms with E-state index in [0.717, 1.165) is 41.4 Å². The molecule has 2 aromatic heterocycles. The van der Waals surface area contributed by atoms with E-state index in [2.05, 4.69) is 30.4 Å². The molecule has 16 heavy (non-hydrogen) atoms.